The summed E-state index contributed by atoms with van der Waals surface area (Å²) in [7, 11) is 0. The number of aliphatic carboxylic acids is 1. The van der Waals surface area contributed by atoms with Crippen molar-refractivity contribution in [1.82, 2.24) is 15.3 Å². The van der Waals surface area contributed by atoms with Crippen LogP contribution in [0.2, 0.25) is 0 Å². The lowest BCUT2D eigenvalue weighted by Gasteiger charge is -2.14. The van der Waals surface area contributed by atoms with Gasteiger partial charge in [-0.25, -0.2) is 9.78 Å². The third kappa shape index (κ3) is 5.31. The zero-order chi connectivity index (χ0) is 17.4. The number of nitrogens with zero attached hydrogens (tertiary/aromatic N) is 1. The van der Waals surface area contributed by atoms with Crippen molar-refractivity contribution in [2.75, 3.05) is 17.3 Å². The van der Waals surface area contributed by atoms with Gasteiger partial charge in [0.1, 0.15) is 6.04 Å². The van der Waals surface area contributed by atoms with Crippen LogP contribution in [0.3, 0.4) is 0 Å². The molecule has 1 aromatic carbocycles. The number of rotatable bonds is 9. The molecule has 0 radical (unpaired) electrons. The van der Waals surface area contributed by atoms with Crippen LogP contribution >= 0.6 is 11.8 Å². The van der Waals surface area contributed by atoms with E-state index in [1.165, 1.54) is 0 Å². The van der Waals surface area contributed by atoms with Crippen LogP contribution in [0, 0.1) is 0 Å². The Labute approximate surface area is 144 Å². The van der Waals surface area contributed by atoms with Gasteiger partial charge in [-0.1, -0.05) is 0 Å². The molecule has 7 nitrogen and oxygen atoms in total. The van der Waals surface area contributed by atoms with Crippen molar-refractivity contribution in [2.24, 2.45) is 0 Å². The molecule has 0 bridgehead atoms. The summed E-state index contributed by atoms with van der Waals surface area (Å²) in [6.07, 6.45) is 5.71. The highest BCUT2D eigenvalue weighted by molar-refractivity contribution is 7.98. The number of carbonyl (C=O) groups is 2. The van der Waals surface area contributed by atoms with Gasteiger partial charge in [0.05, 0.1) is 18.6 Å². The minimum Gasteiger partial charge on any atom is -0.480 e. The molecule has 1 aromatic heterocycles. The smallest absolute Gasteiger partial charge is 0.326 e. The molecule has 1 amide bonds. The zero-order valence-electron chi connectivity index (χ0n) is 13.3. The Bertz CT molecular complexity index is 658. The first-order valence-corrected chi connectivity index (χ1v) is 8.83. The fourth-order valence-electron chi connectivity index (χ4n) is 2.05. The van der Waals surface area contributed by atoms with Gasteiger partial charge < -0.3 is 20.7 Å². The fourth-order valence-corrected chi connectivity index (χ4v) is 2.53. The van der Waals surface area contributed by atoms with Gasteiger partial charge in [0, 0.05) is 17.4 Å². The van der Waals surface area contributed by atoms with Crippen LogP contribution in [0.4, 0.5) is 5.69 Å². The molecule has 1 atom stereocenters. The average molecular weight is 348 g/mol. The quantitative estimate of drug-likeness (QED) is 0.552. The van der Waals surface area contributed by atoms with Gasteiger partial charge in [0.2, 0.25) is 0 Å². The third-order valence-corrected chi connectivity index (χ3v) is 4.03. The lowest BCUT2D eigenvalue weighted by Crippen LogP contribution is -2.41. The van der Waals surface area contributed by atoms with E-state index < -0.39 is 12.0 Å². The Morgan fingerprint density at radius 2 is 2.08 bits per heavy atom. The van der Waals surface area contributed by atoms with Gasteiger partial charge in [0.15, 0.2) is 0 Å². The first kappa shape index (κ1) is 17.9. The lowest BCUT2D eigenvalue weighted by molar-refractivity contribution is -0.139. The summed E-state index contributed by atoms with van der Waals surface area (Å²) in [6, 6.07) is 6.01. The van der Waals surface area contributed by atoms with E-state index in [9.17, 15) is 9.59 Å². The average Bonchev–Trinajstić information content (AvgIpc) is 3.10. The van der Waals surface area contributed by atoms with Crippen LogP contribution in [-0.2, 0) is 11.3 Å². The van der Waals surface area contributed by atoms with Gasteiger partial charge in [-0.2, -0.15) is 11.8 Å². The maximum atomic E-state index is 12.2. The number of carbonyl (C=O) groups excluding carboxylic acids is 1. The van der Waals surface area contributed by atoms with Crippen LogP contribution in [0.25, 0.3) is 0 Å². The van der Waals surface area contributed by atoms with Crippen LogP contribution < -0.4 is 10.6 Å². The van der Waals surface area contributed by atoms with E-state index in [0.29, 0.717) is 24.3 Å². The highest BCUT2D eigenvalue weighted by Crippen LogP contribution is 2.11. The van der Waals surface area contributed by atoms with Crippen molar-refractivity contribution in [3.63, 3.8) is 0 Å². The molecular weight excluding hydrogens is 328 g/mol. The van der Waals surface area contributed by atoms with E-state index >= 15 is 0 Å². The molecular formula is C16H20N4O3S. The molecule has 8 heteroatoms. The van der Waals surface area contributed by atoms with Crippen LogP contribution in [0.1, 0.15) is 22.5 Å². The monoisotopic (exact) mass is 348 g/mol. The van der Waals surface area contributed by atoms with Gasteiger partial charge >= 0.3 is 5.97 Å². The fraction of sp³-hybridized carbons (Fsp3) is 0.312. The molecule has 0 aliphatic heterocycles. The van der Waals surface area contributed by atoms with E-state index in [0.717, 1.165) is 11.4 Å². The Morgan fingerprint density at radius 3 is 2.67 bits per heavy atom. The first-order chi connectivity index (χ1) is 11.6. The molecule has 2 rings (SSSR count). The number of aromatic nitrogens is 2. The number of hydrogen-bond donors (Lipinski definition) is 4. The number of aromatic amines is 1. The number of amides is 1. The second-order valence-electron chi connectivity index (χ2n) is 5.14. The number of hydrogen-bond acceptors (Lipinski definition) is 5. The van der Waals surface area contributed by atoms with E-state index in [-0.39, 0.29) is 5.91 Å². The summed E-state index contributed by atoms with van der Waals surface area (Å²) in [5, 5.41) is 14.9. The zero-order valence-corrected chi connectivity index (χ0v) is 14.1. The minimum absolute atomic E-state index is 0.387. The molecule has 1 heterocycles. The summed E-state index contributed by atoms with van der Waals surface area (Å²) in [5.74, 6) is -0.732. The number of carboxylic acid groups (broad SMARTS) is 1. The second kappa shape index (κ2) is 8.97. The highest BCUT2D eigenvalue weighted by Gasteiger charge is 2.20. The lowest BCUT2D eigenvalue weighted by atomic mass is 10.1. The van der Waals surface area contributed by atoms with Crippen molar-refractivity contribution < 1.29 is 14.7 Å². The highest BCUT2D eigenvalue weighted by atomic mass is 32.2. The first-order valence-electron chi connectivity index (χ1n) is 7.44. The summed E-state index contributed by atoms with van der Waals surface area (Å²) >= 11 is 1.55. The number of imidazole rings is 1. The Hall–Kier alpha value is -2.48. The SMILES string of the molecule is CSCC[C@H](NC(=O)c1ccc(NCc2c[nH]cn2)cc1)C(=O)O. The number of carboxylic acids is 1. The van der Waals surface area contributed by atoms with Crippen molar-refractivity contribution >= 4 is 29.3 Å². The van der Waals surface area contributed by atoms with Crippen LogP contribution in [0.15, 0.2) is 36.8 Å². The van der Waals surface area contributed by atoms with Gasteiger partial charge in [-0.15, -0.1) is 0 Å². The molecule has 0 unspecified atom stereocenters. The van der Waals surface area contributed by atoms with E-state index in [1.807, 2.05) is 6.26 Å². The molecule has 2 aromatic rings. The number of anilines is 1. The van der Waals surface area contributed by atoms with E-state index in [4.69, 9.17) is 5.11 Å². The minimum atomic E-state index is -1.02. The maximum absolute atomic E-state index is 12.2. The number of H-pyrrole nitrogens is 1. The number of benzene rings is 1. The molecule has 0 fully saturated rings. The Kier molecular flexibility index (Phi) is 6.68. The molecule has 4 N–H and O–H groups in total. The molecule has 0 saturated heterocycles. The Balaban J connectivity index is 1.91. The summed E-state index contributed by atoms with van der Waals surface area (Å²) in [4.78, 5) is 30.3. The summed E-state index contributed by atoms with van der Waals surface area (Å²) in [5.41, 5.74) is 2.16. The molecule has 0 saturated carbocycles. The van der Waals surface area contributed by atoms with E-state index in [2.05, 4.69) is 20.6 Å². The second-order valence-corrected chi connectivity index (χ2v) is 6.12. The van der Waals surface area contributed by atoms with Crippen LogP contribution in [0.5, 0.6) is 0 Å². The van der Waals surface area contributed by atoms with Gasteiger partial charge in [0.25, 0.3) is 5.91 Å². The topological polar surface area (TPSA) is 107 Å². The number of thioether (sulfide) groups is 1. The molecule has 128 valence electrons. The van der Waals surface area contributed by atoms with Crippen molar-refractivity contribution in [1.29, 1.82) is 0 Å². The summed E-state index contributed by atoms with van der Waals surface area (Å²) < 4.78 is 0. The Morgan fingerprint density at radius 1 is 1.33 bits per heavy atom. The van der Waals surface area contributed by atoms with Crippen molar-refractivity contribution in [2.45, 2.75) is 19.0 Å². The van der Waals surface area contributed by atoms with Crippen molar-refractivity contribution in [3.8, 4) is 0 Å². The molecule has 0 aliphatic carbocycles. The van der Waals surface area contributed by atoms with Crippen LogP contribution in [-0.4, -0.2) is 45.0 Å². The largest absolute Gasteiger partial charge is 0.480 e. The molecule has 0 spiro atoms. The maximum Gasteiger partial charge on any atom is 0.326 e. The van der Waals surface area contributed by atoms with E-state index in [1.54, 1.807) is 48.6 Å². The van der Waals surface area contributed by atoms with Crippen molar-refractivity contribution in [3.05, 3.63) is 48.0 Å². The van der Waals surface area contributed by atoms with Gasteiger partial charge in [-0.3, -0.25) is 4.79 Å². The summed E-state index contributed by atoms with van der Waals surface area (Å²) in [6.45, 7) is 0.574. The molecule has 24 heavy (non-hydrogen) atoms. The predicted molar refractivity (Wildman–Crippen MR) is 94.2 cm³/mol. The third-order valence-electron chi connectivity index (χ3n) is 3.39. The van der Waals surface area contributed by atoms with Gasteiger partial charge in [-0.05, 0) is 42.7 Å². The predicted octanol–water partition coefficient (Wildman–Crippen LogP) is 1.96. The normalized spacial score (nSPS) is 11.7. The molecule has 0 aliphatic rings. The standard InChI is InChI=1S/C16H20N4O3S/c1-24-7-6-14(16(22)23)20-15(21)11-2-4-12(5-3-11)18-9-13-8-17-10-19-13/h2-5,8,10,14,18H,6-7,9H2,1H3,(H,17,19)(H,20,21)(H,22,23)/t14-/m0/s1. The number of nitrogens with one attached hydrogen (secondary N) is 3.